The van der Waals surface area contributed by atoms with Crippen molar-refractivity contribution in [1.29, 1.82) is 0 Å². The standard InChI is InChI=1S/C13H14N4OS/c1-8-6-11(18)17(9(2)16-8)7-10-4-3-5-15-12(10)13(14)19/h3-6H,7H2,1-2H3,(H2,14,19). The minimum absolute atomic E-state index is 0.0947. The van der Waals surface area contributed by atoms with E-state index in [1.54, 1.807) is 30.7 Å². The lowest BCUT2D eigenvalue weighted by Gasteiger charge is -2.11. The molecule has 2 aromatic rings. The first-order valence-electron chi connectivity index (χ1n) is 5.78. The van der Waals surface area contributed by atoms with E-state index in [4.69, 9.17) is 18.0 Å². The van der Waals surface area contributed by atoms with Crippen molar-refractivity contribution in [1.82, 2.24) is 14.5 Å². The maximum absolute atomic E-state index is 12.0. The fourth-order valence-corrected chi connectivity index (χ4v) is 2.10. The zero-order chi connectivity index (χ0) is 14.0. The number of aromatic nitrogens is 3. The number of pyridine rings is 1. The molecule has 0 unspecified atom stereocenters. The van der Waals surface area contributed by atoms with Gasteiger partial charge in [-0.25, -0.2) is 4.98 Å². The first-order chi connectivity index (χ1) is 8.99. The number of nitrogens with zero attached hydrogens (tertiary/aromatic N) is 3. The molecule has 0 atom stereocenters. The van der Waals surface area contributed by atoms with E-state index in [1.807, 2.05) is 6.07 Å². The summed E-state index contributed by atoms with van der Waals surface area (Å²) in [5, 5.41) is 0. The monoisotopic (exact) mass is 274 g/mol. The van der Waals surface area contributed by atoms with E-state index in [1.165, 1.54) is 6.07 Å². The van der Waals surface area contributed by atoms with Crippen molar-refractivity contribution < 1.29 is 0 Å². The Morgan fingerprint density at radius 1 is 1.47 bits per heavy atom. The Hall–Kier alpha value is -2.08. The van der Waals surface area contributed by atoms with Gasteiger partial charge in [0.25, 0.3) is 5.56 Å². The average Bonchev–Trinajstić information content (AvgIpc) is 2.34. The van der Waals surface area contributed by atoms with Crippen molar-refractivity contribution in [2.75, 3.05) is 0 Å². The topological polar surface area (TPSA) is 73.8 Å². The Morgan fingerprint density at radius 3 is 2.84 bits per heavy atom. The Balaban J connectivity index is 2.48. The first-order valence-corrected chi connectivity index (χ1v) is 6.18. The molecule has 2 aromatic heterocycles. The smallest absolute Gasteiger partial charge is 0.254 e. The van der Waals surface area contributed by atoms with Crippen LogP contribution in [-0.4, -0.2) is 19.5 Å². The number of hydrogen-bond acceptors (Lipinski definition) is 4. The maximum Gasteiger partial charge on any atom is 0.254 e. The van der Waals surface area contributed by atoms with E-state index in [0.29, 0.717) is 23.8 Å². The van der Waals surface area contributed by atoms with Gasteiger partial charge in [0.15, 0.2) is 0 Å². The second-order valence-electron chi connectivity index (χ2n) is 4.24. The van der Waals surface area contributed by atoms with E-state index in [2.05, 4.69) is 9.97 Å². The molecule has 0 saturated heterocycles. The van der Waals surface area contributed by atoms with Gasteiger partial charge in [0.05, 0.1) is 6.54 Å². The van der Waals surface area contributed by atoms with Gasteiger partial charge in [-0.15, -0.1) is 0 Å². The van der Waals surface area contributed by atoms with Gasteiger partial charge in [-0.3, -0.25) is 14.3 Å². The van der Waals surface area contributed by atoms with Gasteiger partial charge in [0, 0.05) is 23.5 Å². The zero-order valence-electron chi connectivity index (χ0n) is 10.8. The molecule has 0 spiro atoms. The fraction of sp³-hybridized carbons (Fsp3) is 0.231. The van der Waals surface area contributed by atoms with Crippen LogP contribution >= 0.6 is 12.2 Å². The van der Waals surface area contributed by atoms with Crippen molar-refractivity contribution in [3.63, 3.8) is 0 Å². The van der Waals surface area contributed by atoms with Gasteiger partial charge in [0.2, 0.25) is 0 Å². The average molecular weight is 274 g/mol. The van der Waals surface area contributed by atoms with Crippen LogP contribution in [0.3, 0.4) is 0 Å². The van der Waals surface area contributed by atoms with Crippen LogP contribution < -0.4 is 11.3 Å². The van der Waals surface area contributed by atoms with Gasteiger partial charge in [-0.2, -0.15) is 0 Å². The molecule has 98 valence electrons. The quantitative estimate of drug-likeness (QED) is 0.843. The van der Waals surface area contributed by atoms with Crippen molar-refractivity contribution in [2.45, 2.75) is 20.4 Å². The van der Waals surface area contributed by atoms with Crippen LogP contribution in [0.2, 0.25) is 0 Å². The summed E-state index contributed by atoms with van der Waals surface area (Å²) in [7, 11) is 0. The predicted molar refractivity (Wildman–Crippen MR) is 77.2 cm³/mol. The minimum atomic E-state index is -0.0947. The Kier molecular flexibility index (Phi) is 3.71. The molecule has 2 N–H and O–H groups in total. The van der Waals surface area contributed by atoms with Crippen LogP contribution in [0.4, 0.5) is 0 Å². The van der Waals surface area contributed by atoms with Crippen molar-refractivity contribution in [2.24, 2.45) is 5.73 Å². The molecule has 0 fully saturated rings. The van der Waals surface area contributed by atoms with Crippen LogP contribution in [0.25, 0.3) is 0 Å². The highest BCUT2D eigenvalue weighted by molar-refractivity contribution is 7.80. The largest absolute Gasteiger partial charge is 0.388 e. The highest BCUT2D eigenvalue weighted by Gasteiger charge is 2.09. The highest BCUT2D eigenvalue weighted by atomic mass is 32.1. The molecule has 0 bridgehead atoms. The number of thiocarbonyl (C=S) groups is 1. The fourth-order valence-electron chi connectivity index (χ4n) is 1.91. The summed E-state index contributed by atoms with van der Waals surface area (Å²) in [6.07, 6.45) is 1.63. The molecule has 0 aliphatic heterocycles. The van der Waals surface area contributed by atoms with Gasteiger partial charge in [-0.05, 0) is 19.9 Å². The molecule has 2 rings (SSSR count). The third-order valence-electron chi connectivity index (χ3n) is 2.78. The Morgan fingerprint density at radius 2 is 2.21 bits per heavy atom. The lowest BCUT2D eigenvalue weighted by atomic mass is 10.2. The molecule has 2 heterocycles. The molecular formula is C13H14N4OS. The Labute approximate surface area is 116 Å². The summed E-state index contributed by atoms with van der Waals surface area (Å²) in [5.74, 6) is 0.655. The van der Waals surface area contributed by atoms with E-state index >= 15 is 0 Å². The molecule has 0 amide bonds. The van der Waals surface area contributed by atoms with Gasteiger partial charge in [0.1, 0.15) is 16.5 Å². The molecular weight excluding hydrogens is 260 g/mol. The summed E-state index contributed by atoms with van der Waals surface area (Å²) in [6.45, 7) is 3.95. The molecule has 0 aliphatic carbocycles. The van der Waals surface area contributed by atoms with Crippen LogP contribution in [0.1, 0.15) is 22.8 Å². The summed E-state index contributed by atoms with van der Waals surface area (Å²) in [5.41, 5.74) is 7.60. The zero-order valence-corrected chi connectivity index (χ0v) is 11.6. The third-order valence-corrected chi connectivity index (χ3v) is 2.97. The second kappa shape index (κ2) is 5.27. The molecule has 0 radical (unpaired) electrons. The molecule has 6 heteroatoms. The van der Waals surface area contributed by atoms with Gasteiger partial charge in [-0.1, -0.05) is 18.3 Å². The molecule has 19 heavy (non-hydrogen) atoms. The van der Waals surface area contributed by atoms with Crippen molar-refractivity contribution in [3.05, 3.63) is 57.5 Å². The summed E-state index contributed by atoms with van der Waals surface area (Å²) < 4.78 is 1.58. The van der Waals surface area contributed by atoms with Crippen molar-refractivity contribution in [3.8, 4) is 0 Å². The number of nitrogens with two attached hydrogens (primary N) is 1. The highest BCUT2D eigenvalue weighted by Crippen LogP contribution is 2.08. The minimum Gasteiger partial charge on any atom is -0.388 e. The Bertz CT molecular complexity index is 693. The van der Waals surface area contributed by atoms with Gasteiger partial charge < -0.3 is 5.73 Å². The summed E-state index contributed by atoms with van der Waals surface area (Å²) in [6, 6.07) is 5.15. The molecule has 0 aliphatic rings. The van der Waals surface area contributed by atoms with Gasteiger partial charge >= 0.3 is 0 Å². The maximum atomic E-state index is 12.0. The molecule has 0 aromatic carbocycles. The molecule has 5 nitrogen and oxygen atoms in total. The van der Waals surface area contributed by atoms with Crippen LogP contribution in [0.5, 0.6) is 0 Å². The van der Waals surface area contributed by atoms with E-state index < -0.39 is 0 Å². The van der Waals surface area contributed by atoms with E-state index in [9.17, 15) is 4.79 Å². The van der Waals surface area contributed by atoms with E-state index in [0.717, 1.165) is 5.56 Å². The number of aryl methyl sites for hydroxylation is 2. The lowest BCUT2D eigenvalue weighted by Crippen LogP contribution is -2.25. The summed E-state index contributed by atoms with van der Waals surface area (Å²) >= 11 is 4.96. The van der Waals surface area contributed by atoms with Crippen LogP contribution in [0, 0.1) is 13.8 Å². The van der Waals surface area contributed by atoms with Crippen LogP contribution in [0.15, 0.2) is 29.2 Å². The SMILES string of the molecule is Cc1cc(=O)n(Cc2cccnc2C(N)=S)c(C)n1. The van der Waals surface area contributed by atoms with E-state index in [-0.39, 0.29) is 10.5 Å². The second-order valence-corrected chi connectivity index (χ2v) is 4.68. The number of rotatable bonds is 3. The number of hydrogen-bond donors (Lipinski definition) is 1. The van der Waals surface area contributed by atoms with Crippen LogP contribution in [-0.2, 0) is 6.54 Å². The first kappa shape index (κ1) is 13.4. The van der Waals surface area contributed by atoms with Crippen molar-refractivity contribution >= 4 is 17.2 Å². The summed E-state index contributed by atoms with van der Waals surface area (Å²) in [4.78, 5) is 20.6. The third kappa shape index (κ3) is 2.85. The molecule has 0 saturated carbocycles. The normalized spacial score (nSPS) is 10.4. The lowest BCUT2D eigenvalue weighted by molar-refractivity contribution is 0.691. The predicted octanol–water partition coefficient (Wildman–Crippen LogP) is 0.938.